The van der Waals surface area contributed by atoms with Crippen molar-refractivity contribution in [3.63, 3.8) is 0 Å². The van der Waals surface area contributed by atoms with Crippen molar-refractivity contribution >= 4 is 68.6 Å². The molecule has 2 aliphatic rings. The maximum atomic E-state index is 15.5. The number of likely N-dealkylation sites (N-methyl/N-ethyl adjacent to an activating group) is 1. The van der Waals surface area contributed by atoms with E-state index in [4.69, 9.17) is 27.9 Å². The lowest BCUT2D eigenvalue weighted by Gasteiger charge is -2.34. The second-order valence-corrected chi connectivity index (χ2v) is 20.4. The summed E-state index contributed by atoms with van der Waals surface area (Å²) in [7, 11) is 3.03. The van der Waals surface area contributed by atoms with Crippen molar-refractivity contribution < 1.29 is 49.6 Å². The molecule has 7 aromatic rings. The minimum Gasteiger partial charge on any atom is -0.496 e. The number of benzene rings is 2. The van der Waals surface area contributed by atoms with Crippen LogP contribution in [0.2, 0.25) is 0 Å². The lowest BCUT2D eigenvalue weighted by molar-refractivity contribution is -0.694. The summed E-state index contributed by atoms with van der Waals surface area (Å²) in [5, 5.41) is 7.40. The maximum absolute atomic E-state index is 15.5. The second-order valence-electron chi connectivity index (χ2n) is 19.5. The van der Waals surface area contributed by atoms with Crippen LogP contribution in [0.4, 0.5) is 59.2 Å². The van der Waals surface area contributed by atoms with Gasteiger partial charge in [-0.3, -0.25) is 43.9 Å². The number of hydrogen-bond acceptors (Lipinski definition) is 17. The molecule has 0 spiro atoms. The number of piperazine rings is 1. The summed E-state index contributed by atoms with van der Waals surface area (Å²) >= 11 is 1.25. The summed E-state index contributed by atoms with van der Waals surface area (Å²) in [4.78, 5) is 51.3. The van der Waals surface area contributed by atoms with Crippen molar-refractivity contribution in [1.82, 2.24) is 34.1 Å². The summed E-state index contributed by atoms with van der Waals surface area (Å²) in [6, 6.07) is 6.86. The van der Waals surface area contributed by atoms with Crippen LogP contribution in [0.15, 0.2) is 91.5 Å². The molecule has 2 fully saturated rings. The van der Waals surface area contributed by atoms with Gasteiger partial charge in [-0.05, 0) is 76.3 Å². The van der Waals surface area contributed by atoms with Crippen molar-refractivity contribution in [3.8, 4) is 5.75 Å². The highest BCUT2D eigenvalue weighted by Gasteiger charge is 2.38. The van der Waals surface area contributed by atoms with Crippen LogP contribution >= 0.6 is 11.3 Å². The molecule has 81 heavy (non-hydrogen) atoms. The quantitative estimate of drug-likeness (QED) is 0.0251. The number of methoxy groups -OCH3 is 1. The Kier molecular flexibility index (Phi) is 16.5. The first-order chi connectivity index (χ1) is 38.4. The fourth-order valence-electron chi connectivity index (χ4n) is 9.52. The summed E-state index contributed by atoms with van der Waals surface area (Å²) in [6.45, 7) is 6.64. The Bertz CT molecular complexity index is 3560. The summed E-state index contributed by atoms with van der Waals surface area (Å²) in [5.41, 5.74) is 14.5. The van der Waals surface area contributed by atoms with Crippen LogP contribution in [-0.2, 0) is 25.4 Å². The number of hydrogen-bond donors (Lipinski definition) is 6. The first kappa shape index (κ1) is 57.3. The zero-order valence-corrected chi connectivity index (χ0v) is 45.1. The molecule has 9 rings (SSSR count). The van der Waals surface area contributed by atoms with Crippen molar-refractivity contribution in [2.75, 3.05) is 79.0 Å². The van der Waals surface area contributed by atoms with Gasteiger partial charge >= 0.3 is 12.4 Å². The van der Waals surface area contributed by atoms with Gasteiger partial charge in [-0.1, -0.05) is 0 Å². The van der Waals surface area contributed by atoms with E-state index in [0.717, 1.165) is 42.0 Å². The number of nitrogens with two attached hydrogens (primary N) is 4. The van der Waals surface area contributed by atoms with E-state index in [-0.39, 0.29) is 88.4 Å². The number of rotatable bonds is 16. The number of aryl methyl sites for hydroxylation is 2. The Morgan fingerprint density at radius 3 is 2.05 bits per heavy atom. The Morgan fingerprint density at radius 2 is 1.41 bits per heavy atom. The summed E-state index contributed by atoms with van der Waals surface area (Å²) in [5.74, 6) is 9.83. The smallest absolute Gasteiger partial charge is 0.420 e. The number of carbonyl (C=O) groups excluding carboxylic acids is 2. The molecule has 426 valence electrons. The number of carbonyl (C=O) groups is 2. The summed E-state index contributed by atoms with van der Waals surface area (Å²) in [6.07, 6.45) is 3.81. The van der Waals surface area contributed by atoms with Gasteiger partial charge in [-0.25, -0.2) is 21.1 Å². The number of hydrazine groups is 2. The van der Waals surface area contributed by atoms with Crippen LogP contribution in [0.5, 0.6) is 5.75 Å². The predicted octanol–water partition coefficient (Wildman–Crippen LogP) is 6.85. The molecule has 0 bridgehead atoms. The lowest BCUT2D eigenvalue weighted by Crippen LogP contribution is -2.45. The third-order valence-corrected chi connectivity index (χ3v) is 14.7. The van der Waals surface area contributed by atoms with E-state index >= 15 is 4.39 Å². The molecule has 7 heterocycles. The summed E-state index contributed by atoms with van der Waals surface area (Å²) < 4.78 is 110. The predicted molar refractivity (Wildman–Crippen MR) is 292 cm³/mol. The normalized spacial score (nSPS) is 14.9. The molecule has 0 unspecified atom stereocenters. The number of ether oxygens (including phenoxy) is 1. The van der Waals surface area contributed by atoms with Crippen LogP contribution in [0.25, 0.3) is 17.0 Å². The number of aromatic nitrogens is 6. The Hall–Kier alpha value is -8.44. The third-order valence-electron chi connectivity index (χ3n) is 13.8. The highest BCUT2D eigenvalue weighted by atomic mass is 32.1. The molecule has 2 amide bonds. The molecule has 0 saturated carbocycles. The van der Waals surface area contributed by atoms with Gasteiger partial charge in [-0.2, -0.15) is 30.9 Å². The number of imidazole rings is 1. The molecule has 2 aliphatic heterocycles. The first-order valence-electron chi connectivity index (χ1n) is 25.2. The zero-order chi connectivity index (χ0) is 58.1. The van der Waals surface area contributed by atoms with E-state index in [1.54, 1.807) is 40.7 Å². The standard InChI is InChI=1S/C53H56F7N17O3S/c1-30-23-75-45(39(61)25-76(63)42-14-32(19-66-31(42)2)50(78)69-35-13-34(24-72-7-5-6-8-72)49(80-4)38(17-35)53(58,59)60)21-68-47(75)28-74(30)27-41-43(77(64)26-40(62)46-22-65-29-81-46)15-33(20-67-41)51(79)70-36-16-37(52(55,56)57)48(54)44(18-36)73-11-9-71(3)10-12-73/h13-23,25-26,28-29H,5-12,24,27,62,64H2,1-4H3,(H5-,61,63,68,69,70,78,79)/p+1. The topological polar surface area (TPSA) is 248 Å². The molecule has 0 radical (unpaired) electrons. The van der Waals surface area contributed by atoms with Crippen LogP contribution < -0.4 is 58.0 Å². The number of fused-ring (bicyclic) bond motifs is 1. The maximum Gasteiger partial charge on any atom is 0.420 e. The number of anilines is 5. The molecular formula is C53H57F7N17O3S+. The van der Waals surface area contributed by atoms with E-state index in [9.17, 15) is 35.9 Å². The molecular weight excluding hydrogens is 1090 g/mol. The molecule has 0 atom stereocenters. The molecule has 0 aliphatic carbocycles. The molecule has 28 heteroatoms. The van der Waals surface area contributed by atoms with Crippen molar-refractivity contribution in [2.45, 2.75) is 52.1 Å². The number of likely N-dealkylation sites (tertiary alicyclic amines) is 1. The molecule has 2 aromatic carbocycles. The highest BCUT2D eigenvalue weighted by molar-refractivity contribution is 7.10. The monoisotopic (exact) mass is 1140 g/mol. The number of alkyl halides is 6. The van der Waals surface area contributed by atoms with Gasteiger partial charge in [0, 0.05) is 87.6 Å². The Labute approximate surface area is 463 Å². The van der Waals surface area contributed by atoms with E-state index in [1.165, 1.54) is 84.8 Å². The van der Waals surface area contributed by atoms with Crippen LogP contribution in [0.1, 0.15) is 77.9 Å². The average Bonchev–Trinajstić information content (AvgIpc) is 4.28. The van der Waals surface area contributed by atoms with Crippen molar-refractivity contribution in [1.29, 1.82) is 0 Å². The van der Waals surface area contributed by atoms with Gasteiger partial charge in [0.2, 0.25) is 11.8 Å². The number of nitrogens with zero attached hydrogens (tertiary/aromatic N) is 11. The Balaban J connectivity index is 0.965. The average molecular weight is 1150 g/mol. The number of nitrogens with one attached hydrogen (secondary N) is 2. The van der Waals surface area contributed by atoms with Crippen molar-refractivity contribution in [2.24, 2.45) is 23.2 Å². The van der Waals surface area contributed by atoms with E-state index < -0.39 is 41.1 Å². The number of halogens is 7. The molecule has 10 N–H and O–H groups in total. The fraction of sp³-hybridized carbons (Fsp3) is 0.302. The van der Waals surface area contributed by atoms with Crippen LogP contribution in [-0.4, -0.2) is 99.4 Å². The zero-order valence-electron chi connectivity index (χ0n) is 44.2. The number of pyridine rings is 2. The van der Waals surface area contributed by atoms with Gasteiger partial charge < -0.3 is 36.6 Å². The highest BCUT2D eigenvalue weighted by Crippen LogP contribution is 2.42. The van der Waals surface area contributed by atoms with Gasteiger partial charge in [-0.15, -0.1) is 11.3 Å². The lowest BCUT2D eigenvalue weighted by atomic mass is 10.1. The fourth-order valence-corrected chi connectivity index (χ4v) is 10.1. The van der Waals surface area contributed by atoms with E-state index in [0.29, 0.717) is 52.5 Å². The SMILES string of the molecule is COc1c(CN2CCCC2)cc(NC(=O)c2cnc(C)c(N(N)C=C(N)c3cnc4c[n+](Cc5ncc(C(=O)Nc6cc(N7CCN(C)CC7)c(F)c(C(F)(F)F)c6)cc5N(N)C=C(N)c5cncs5)c(C)cn34)c2)cc1C(F)(F)F. The van der Waals surface area contributed by atoms with Gasteiger partial charge in [0.15, 0.2) is 18.1 Å². The number of amides is 2. The van der Waals surface area contributed by atoms with Crippen LogP contribution in [0.3, 0.4) is 0 Å². The molecule has 2 saturated heterocycles. The third kappa shape index (κ3) is 12.8. The second kappa shape index (κ2) is 23.3. The van der Waals surface area contributed by atoms with Gasteiger partial charge in [0.05, 0.1) is 92.0 Å². The van der Waals surface area contributed by atoms with E-state index in [1.807, 2.05) is 16.8 Å². The van der Waals surface area contributed by atoms with Crippen LogP contribution in [0, 0.1) is 19.7 Å². The first-order valence-corrected chi connectivity index (χ1v) is 26.1. The minimum absolute atomic E-state index is 0.00527. The molecule has 20 nitrogen and oxygen atoms in total. The van der Waals surface area contributed by atoms with Crippen molar-refractivity contribution in [3.05, 3.63) is 153 Å². The van der Waals surface area contributed by atoms with Gasteiger partial charge in [0.1, 0.15) is 11.4 Å². The minimum atomic E-state index is -5.06. The number of thiazole rings is 1. The molecule has 5 aromatic heterocycles. The largest absolute Gasteiger partial charge is 0.496 e. The van der Waals surface area contributed by atoms with Gasteiger partial charge in [0.25, 0.3) is 11.8 Å². The van der Waals surface area contributed by atoms with E-state index in [2.05, 4.69) is 30.6 Å². The Morgan fingerprint density at radius 1 is 0.790 bits per heavy atom.